The molecule has 1 aliphatic rings. The highest BCUT2D eigenvalue weighted by Crippen LogP contribution is 2.34. The molecule has 0 aliphatic carbocycles. The number of rotatable bonds is 7. The van der Waals surface area contributed by atoms with Crippen LogP contribution in [0, 0.1) is 6.92 Å². The largest absolute Gasteiger partial charge is 0.497 e. The third-order valence-corrected chi connectivity index (χ3v) is 7.94. The number of ether oxygens (including phenoxy) is 2. The van der Waals surface area contributed by atoms with Crippen LogP contribution in [0.2, 0.25) is 0 Å². The molecule has 0 bridgehead atoms. The normalized spacial score (nSPS) is 14.8. The van der Waals surface area contributed by atoms with E-state index in [0.29, 0.717) is 11.3 Å². The average Bonchev–Trinajstić information content (AvgIpc) is 3.72. The monoisotopic (exact) mass is 550 g/mol. The molecule has 3 heterocycles. The molecule has 5 aromatic rings. The molecule has 9 heteroatoms. The van der Waals surface area contributed by atoms with Crippen molar-refractivity contribution in [3.05, 3.63) is 113 Å². The lowest BCUT2D eigenvalue weighted by Gasteiger charge is -2.22. The second kappa shape index (κ2) is 10.8. The average molecular weight is 551 g/mol. The number of carbonyl (C=O) groups is 2. The van der Waals surface area contributed by atoms with Crippen LogP contribution in [0.1, 0.15) is 39.0 Å². The van der Waals surface area contributed by atoms with E-state index in [4.69, 9.17) is 9.47 Å². The Balaban J connectivity index is 1.21. The van der Waals surface area contributed by atoms with Gasteiger partial charge in [-0.2, -0.15) is 10.2 Å². The van der Waals surface area contributed by atoms with E-state index in [1.807, 2.05) is 96.5 Å². The maximum atomic E-state index is 13.4. The Morgan fingerprint density at radius 1 is 0.975 bits per heavy atom. The van der Waals surface area contributed by atoms with Crippen molar-refractivity contribution in [2.24, 2.45) is 5.10 Å². The molecule has 0 N–H and O–H groups in total. The number of benzene rings is 3. The molecule has 2 aromatic heterocycles. The van der Waals surface area contributed by atoms with Gasteiger partial charge in [0.05, 0.1) is 30.2 Å². The smallest absolute Gasteiger partial charge is 0.348 e. The fourth-order valence-electron chi connectivity index (χ4n) is 4.79. The van der Waals surface area contributed by atoms with Gasteiger partial charge in [-0.05, 0) is 48.4 Å². The molecule has 1 aliphatic heterocycles. The predicted molar refractivity (Wildman–Crippen MR) is 154 cm³/mol. The molecule has 8 nitrogen and oxygen atoms in total. The molecule has 0 radical (unpaired) electrons. The first-order valence-electron chi connectivity index (χ1n) is 12.8. The van der Waals surface area contributed by atoms with Crippen molar-refractivity contribution in [3.8, 4) is 11.4 Å². The van der Waals surface area contributed by atoms with Gasteiger partial charge in [0.2, 0.25) is 0 Å². The molecule has 0 saturated carbocycles. The van der Waals surface area contributed by atoms with E-state index in [9.17, 15) is 9.59 Å². The maximum Gasteiger partial charge on any atom is 0.348 e. The highest BCUT2D eigenvalue weighted by molar-refractivity contribution is 7.20. The van der Waals surface area contributed by atoms with E-state index in [-0.39, 0.29) is 6.04 Å². The number of amides is 1. The first-order valence-corrected chi connectivity index (χ1v) is 13.6. The first kappa shape index (κ1) is 25.5. The summed E-state index contributed by atoms with van der Waals surface area (Å²) in [6.45, 7) is 1.48. The quantitative estimate of drug-likeness (QED) is 0.234. The molecular weight excluding hydrogens is 524 g/mol. The van der Waals surface area contributed by atoms with Gasteiger partial charge in [-0.15, -0.1) is 11.3 Å². The number of thiophene rings is 1. The number of methoxy groups -OCH3 is 1. The Labute approximate surface area is 235 Å². The molecule has 0 saturated heterocycles. The van der Waals surface area contributed by atoms with E-state index in [2.05, 4.69) is 10.2 Å². The van der Waals surface area contributed by atoms with Crippen molar-refractivity contribution in [2.45, 2.75) is 19.4 Å². The third-order valence-electron chi connectivity index (χ3n) is 6.85. The lowest BCUT2D eigenvalue weighted by atomic mass is 9.98. The molecule has 6 rings (SSSR count). The van der Waals surface area contributed by atoms with Gasteiger partial charge in [-0.1, -0.05) is 60.7 Å². The number of fused-ring (bicyclic) bond motifs is 1. The van der Waals surface area contributed by atoms with Gasteiger partial charge in [-0.3, -0.25) is 4.79 Å². The fraction of sp³-hybridized carbons (Fsp3) is 0.161. The number of aromatic nitrogens is 2. The first-order chi connectivity index (χ1) is 19.5. The van der Waals surface area contributed by atoms with Crippen LogP contribution in [0.15, 0.2) is 96.1 Å². The zero-order valence-electron chi connectivity index (χ0n) is 22.0. The van der Waals surface area contributed by atoms with E-state index in [1.54, 1.807) is 13.2 Å². The Hall–Kier alpha value is -4.76. The minimum Gasteiger partial charge on any atom is -0.497 e. The molecule has 40 heavy (non-hydrogen) atoms. The van der Waals surface area contributed by atoms with Gasteiger partial charge in [0.25, 0.3) is 5.91 Å². The van der Waals surface area contributed by atoms with Gasteiger partial charge in [-0.25, -0.2) is 14.5 Å². The minimum atomic E-state index is -0.555. The van der Waals surface area contributed by atoms with Crippen LogP contribution in [-0.2, 0) is 9.53 Å². The van der Waals surface area contributed by atoms with Gasteiger partial charge >= 0.3 is 5.97 Å². The number of hydrogen-bond donors (Lipinski definition) is 0. The van der Waals surface area contributed by atoms with Crippen molar-refractivity contribution in [1.82, 2.24) is 14.8 Å². The van der Waals surface area contributed by atoms with Crippen LogP contribution in [0.5, 0.6) is 5.75 Å². The summed E-state index contributed by atoms with van der Waals surface area (Å²) in [7, 11) is 1.61. The molecule has 1 amide bonds. The van der Waals surface area contributed by atoms with Crippen molar-refractivity contribution in [3.63, 3.8) is 0 Å². The van der Waals surface area contributed by atoms with Gasteiger partial charge < -0.3 is 9.47 Å². The third kappa shape index (κ3) is 4.87. The molecule has 1 atom stereocenters. The van der Waals surface area contributed by atoms with Gasteiger partial charge in [0.1, 0.15) is 15.5 Å². The van der Waals surface area contributed by atoms with Crippen LogP contribution in [0.25, 0.3) is 15.9 Å². The van der Waals surface area contributed by atoms with E-state index < -0.39 is 18.5 Å². The molecule has 0 fully saturated rings. The minimum absolute atomic E-state index is 0.323. The summed E-state index contributed by atoms with van der Waals surface area (Å²) in [6.07, 6.45) is 0.543. The Morgan fingerprint density at radius 2 is 1.68 bits per heavy atom. The SMILES string of the molecule is COc1ccc(C2CC(c3ccccc3)=NN2C(=O)COC(=O)c2cc3c(C)nn(-c4ccccc4)c3s2)cc1. The lowest BCUT2D eigenvalue weighted by molar-refractivity contribution is -0.136. The van der Waals surface area contributed by atoms with Gasteiger partial charge in [0.15, 0.2) is 6.61 Å². The van der Waals surface area contributed by atoms with Crippen molar-refractivity contribution in [2.75, 3.05) is 13.7 Å². The standard InChI is InChI=1S/C31H26N4O4S/c1-20-25-17-28(40-30(25)34(32-20)23-11-7-4-8-12-23)31(37)39-19-29(36)35-27(22-13-15-24(38-2)16-14-22)18-26(33-35)21-9-5-3-6-10-21/h3-17,27H,18-19H2,1-2H3. The molecule has 1 unspecified atom stereocenters. The maximum absolute atomic E-state index is 13.4. The zero-order valence-corrected chi connectivity index (χ0v) is 22.8. The highest BCUT2D eigenvalue weighted by atomic mass is 32.1. The summed E-state index contributed by atoms with van der Waals surface area (Å²) in [5, 5.41) is 11.6. The number of hydrogen-bond acceptors (Lipinski definition) is 7. The van der Waals surface area contributed by atoms with Crippen LogP contribution >= 0.6 is 11.3 Å². The van der Waals surface area contributed by atoms with Crippen LogP contribution in [0.3, 0.4) is 0 Å². The summed E-state index contributed by atoms with van der Waals surface area (Å²) in [5.74, 6) is -0.222. The van der Waals surface area contributed by atoms with E-state index >= 15 is 0 Å². The Kier molecular flexibility index (Phi) is 6.88. The zero-order chi connectivity index (χ0) is 27.6. The number of para-hydroxylation sites is 1. The van der Waals surface area contributed by atoms with E-state index in [1.165, 1.54) is 16.3 Å². The van der Waals surface area contributed by atoms with Gasteiger partial charge in [0, 0.05) is 11.8 Å². The summed E-state index contributed by atoms with van der Waals surface area (Å²) >= 11 is 1.29. The van der Waals surface area contributed by atoms with Crippen LogP contribution in [-0.4, -0.2) is 46.1 Å². The summed E-state index contributed by atoms with van der Waals surface area (Å²) in [6, 6.07) is 28.5. The molecular formula is C31H26N4O4S. The molecule has 200 valence electrons. The topological polar surface area (TPSA) is 86.0 Å². The second-order valence-corrected chi connectivity index (χ2v) is 10.4. The highest BCUT2D eigenvalue weighted by Gasteiger charge is 2.33. The summed E-state index contributed by atoms with van der Waals surface area (Å²) < 4.78 is 12.6. The molecule has 0 spiro atoms. The number of nitrogens with zero attached hydrogens (tertiary/aromatic N) is 4. The summed E-state index contributed by atoms with van der Waals surface area (Å²) in [4.78, 5) is 27.7. The lowest BCUT2D eigenvalue weighted by Crippen LogP contribution is -2.31. The van der Waals surface area contributed by atoms with Crippen molar-refractivity contribution < 1.29 is 19.1 Å². The Bertz CT molecular complexity index is 1710. The number of aryl methyl sites for hydroxylation is 1. The van der Waals surface area contributed by atoms with E-state index in [0.717, 1.165) is 44.2 Å². The number of hydrazone groups is 1. The van der Waals surface area contributed by atoms with Crippen molar-refractivity contribution in [1.29, 1.82) is 0 Å². The van der Waals surface area contributed by atoms with Crippen molar-refractivity contribution >= 4 is 39.1 Å². The van der Waals surface area contributed by atoms with Crippen LogP contribution < -0.4 is 4.74 Å². The predicted octanol–water partition coefficient (Wildman–Crippen LogP) is 5.94. The van der Waals surface area contributed by atoms with Crippen LogP contribution in [0.4, 0.5) is 0 Å². The second-order valence-electron chi connectivity index (χ2n) is 9.38. The summed E-state index contributed by atoms with van der Waals surface area (Å²) in [5.41, 5.74) is 4.38. The number of esters is 1. The Morgan fingerprint density at radius 3 is 2.38 bits per heavy atom. The number of carbonyl (C=O) groups excluding carboxylic acids is 2. The molecule has 3 aromatic carbocycles. The fourth-order valence-corrected chi connectivity index (χ4v) is 5.86.